The molecule has 2 rings (SSSR count). The number of allylic oxidation sites excluding steroid dienone is 2. The van der Waals surface area contributed by atoms with Crippen molar-refractivity contribution >= 4 is 24.4 Å². The predicted molar refractivity (Wildman–Crippen MR) is 125 cm³/mol. The summed E-state index contributed by atoms with van der Waals surface area (Å²) < 4.78 is 0. The van der Waals surface area contributed by atoms with E-state index in [-0.39, 0.29) is 0 Å². The number of rotatable bonds is 11. The third kappa shape index (κ3) is 7.90. The van der Waals surface area contributed by atoms with E-state index >= 15 is 0 Å². The standard InChI is InChI=1S/C22H37N5OS/c1-4-27(3)13-12-24-21(10-11-23-2)20-16-29-15-18(14-28)22(20)26-17-25-19-8-6-5-7-9-19/h10-11,14,17,19,23-24H,4-9,12-13,15-16H2,1-3H3,(H,25,26)/b11-10-,21-20-. The SMILES string of the molecule is CCN(C)CCNC(/C=C\NC)=C1/CSCC(C=O)=C1NC=NC1CCCCC1. The molecule has 6 nitrogen and oxygen atoms in total. The first-order valence-electron chi connectivity index (χ1n) is 10.7. The molecule has 0 amide bonds. The highest BCUT2D eigenvalue weighted by molar-refractivity contribution is 7.99. The molecule has 162 valence electrons. The second-order valence-electron chi connectivity index (χ2n) is 7.56. The van der Waals surface area contributed by atoms with E-state index in [0.29, 0.717) is 6.04 Å². The number of aldehydes is 1. The second-order valence-corrected chi connectivity index (χ2v) is 8.55. The van der Waals surface area contributed by atoms with E-state index in [0.717, 1.165) is 60.0 Å². The topological polar surface area (TPSA) is 68.8 Å². The Balaban J connectivity index is 2.20. The van der Waals surface area contributed by atoms with Gasteiger partial charge in [-0.3, -0.25) is 9.79 Å². The Morgan fingerprint density at radius 2 is 2.07 bits per heavy atom. The lowest BCUT2D eigenvalue weighted by Crippen LogP contribution is -2.31. The molecule has 1 fully saturated rings. The van der Waals surface area contributed by atoms with E-state index in [2.05, 4.69) is 40.9 Å². The quantitative estimate of drug-likeness (QED) is 0.272. The van der Waals surface area contributed by atoms with E-state index in [4.69, 9.17) is 4.99 Å². The third-order valence-corrected chi connectivity index (χ3v) is 6.44. The van der Waals surface area contributed by atoms with Gasteiger partial charge in [0, 0.05) is 48.5 Å². The smallest absolute Gasteiger partial charge is 0.148 e. The molecule has 1 aliphatic heterocycles. The molecule has 0 spiro atoms. The lowest BCUT2D eigenvalue weighted by molar-refractivity contribution is -0.104. The van der Waals surface area contributed by atoms with Gasteiger partial charge in [0.25, 0.3) is 0 Å². The molecule has 7 heteroatoms. The van der Waals surface area contributed by atoms with Crippen LogP contribution in [0.25, 0.3) is 0 Å². The Morgan fingerprint density at radius 3 is 2.76 bits per heavy atom. The molecule has 0 radical (unpaired) electrons. The van der Waals surface area contributed by atoms with Crippen LogP contribution in [0.5, 0.6) is 0 Å². The first kappa shape index (κ1) is 23.5. The normalized spacial score (nSPS) is 20.6. The van der Waals surface area contributed by atoms with Gasteiger partial charge in [0.2, 0.25) is 0 Å². The average molecular weight is 420 g/mol. The molecule has 0 aromatic heterocycles. The predicted octanol–water partition coefficient (Wildman–Crippen LogP) is 2.67. The highest BCUT2D eigenvalue weighted by Gasteiger charge is 2.20. The van der Waals surface area contributed by atoms with Crippen molar-refractivity contribution in [2.24, 2.45) is 4.99 Å². The number of thioether (sulfide) groups is 1. The van der Waals surface area contributed by atoms with Crippen molar-refractivity contribution in [3.8, 4) is 0 Å². The summed E-state index contributed by atoms with van der Waals surface area (Å²) >= 11 is 1.77. The molecule has 0 unspecified atom stereocenters. The van der Waals surface area contributed by atoms with E-state index in [1.807, 2.05) is 19.6 Å². The summed E-state index contributed by atoms with van der Waals surface area (Å²) in [5, 5.41) is 10.0. The maximum absolute atomic E-state index is 11.7. The lowest BCUT2D eigenvalue weighted by atomic mass is 9.96. The molecule has 0 atom stereocenters. The number of aliphatic imine (C=N–C) groups is 1. The maximum Gasteiger partial charge on any atom is 0.148 e. The van der Waals surface area contributed by atoms with Gasteiger partial charge in [-0.15, -0.1) is 0 Å². The number of hydrogen-bond acceptors (Lipinski definition) is 6. The number of likely N-dealkylation sites (N-methyl/N-ethyl adjacent to an activating group) is 1. The summed E-state index contributed by atoms with van der Waals surface area (Å²) in [6.07, 6.45) is 13.0. The summed E-state index contributed by atoms with van der Waals surface area (Å²) in [6, 6.07) is 0.410. The molecule has 0 aromatic carbocycles. The third-order valence-electron chi connectivity index (χ3n) is 5.43. The minimum absolute atomic E-state index is 0.410. The van der Waals surface area contributed by atoms with Crippen LogP contribution < -0.4 is 16.0 Å². The van der Waals surface area contributed by atoms with Crippen LogP contribution in [0, 0.1) is 0 Å². The number of carbonyl (C=O) groups is 1. The lowest BCUT2D eigenvalue weighted by Gasteiger charge is -2.24. The molecule has 0 bridgehead atoms. The van der Waals surface area contributed by atoms with Crippen LogP contribution in [0.15, 0.2) is 39.8 Å². The van der Waals surface area contributed by atoms with Gasteiger partial charge in [0.05, 0.1) is 18.1 Å². The van der Waals surface area contributed by atoms with Crippen molar-refractivity contribution in [2.45, 2.75) is 45.1 Å². The fourth-order valence-electron chi connectivity index (χ4n) is 3.50. The molecule has 3 N–H and O–H groups in total. The van der Waals surface area contributed by atoms with Crippen molar-refractivity contribution in [1.29, 1.82) is 0 Å². The van der Waals surface area contributed by atoms with Crippen LogP contribution in [-0.4, -0.2) is 68.8 Å². The van der Waals surface area contributed by atoms with Crippen molar-refractivity contribution in [3.63, 3.8) is 0 Å². The van der Waals surface area contributed by atoms with Gasteiger partial charge in [0.1, 0.15) is 6.29 Å². The molecular weight excluding hydrogens is 382 g/mol. The zero-order chi connectivity index (χ0) is 20.9. The Kier molecular flexibility index (Phi) is 11.0. The fraction of sp³-hybridized carbons (Fsp3) is 0.636. The Labute approximate surface area is 180 Å². The summed E-state index contributed by atoms with van der Waals surface area (Å²) in [5.74, 6) is 1.59. The largest absolute Gasteiger partial charge is 0.394 e. The molecule has 1 saturated carbocycles. The van der Waals surface area contributed by atoms with Gasteiger partial charge in [-0.2, -0.15) is 11.8 Å². The Bertz CT molecular complexity index is 635. The van der Waals surface area contributed by atoms with Crippen LogP contribution in [-0.2, 0) is 4.79 Å². The van der Waals surface area contributed by atoms with Gasteiger partial charge >= 0.3 is 0 Å². The van der Waals surface area contributed by atoms with Crippen LogP contribution in [0.3, 0.4) is 0 Å². The Morgan fingerprint density at radius 1 is 1.28 bits per heavy atom. The first-order chi connectivity index (χ1) is 14.2. The van der Waals surface area contributed by atoms with Gasteiger partial charge < -0.3 is 20.9 Å². The summed E-state index contributed by atoms with van der Waals surface area (Å²) in [6.45, 7) is 4.99. The highest BCUT2D eigenvalue weighted by atomic mass is 32.2. The monoisotopic (exact) mass is 419 g/mol. The molecule has 2 aliphatic rings. The maximum atomic E-state index is 11.7. The first-order valence-corrected chi connectivity index (χ1v) is 11.9. The van der Waals surface area contributed by atoms with Crippen molar-refractivity contribution in [3.05, 3.63) is 34.8 Å². The van der Waals surface area contributed by atoms with E-state index in [1.54, 1.807) is 11.8 Å². The zero-order valence-electron chi connectivity index (χ0n) is 18.2. The Hall–Kier alpha value is -1.73. The van der Waals surface area contributed by atoms with Gasteiger partial charge in [0.15, 0.2) is 0 Å². The molecule has 1 heterocycles. The molecule has 0 saturated heterocycles. The van der Waals surface area contributed by atoms with Gasteiger partial charge in [-0.1, -0.05) is 26.2 Å². The van der Waals surface area contributed by atoms with Gasteiger partial charge in [-0.25, -0.2) is 0 Å². The van der Waals surface area contributed by atoms with Crippen LogP contribution >= 0.6 is 11.8 Å². The van der Waals surface area contributed by atoms with Gasteiger partial charge in [-0.05, 0) is 38.7 Å². The van der Waals surface area contributed by atoms with E-state index in [9.17, 15) is 4.79 Å². The number of nitrogens with one attached hydrogen (secondary N) is 3. The van der Waals surface area contributed by atoms with Crippen LogP contribution in [0.4, 0.5) is 0 Å². The minimum atomic E-state index is 0.410. The van der Waals surface area contributed by atoms with Crippen molar-refractivity contribution in [1.82, 2.24) is 20.9 Å². The fourth-order valence-corrected chi connectivity index (χ4v) is 4.53. The molecule has 29 heavy (non-hydrogen) atoms. The molecule has 0 aromatic rings. The van der Waals surface area contributed by atoms with Crippen LogP contribution in [0.1, 0.15) is 39.0 Å². The minimum Gasteiger partial charge on any atom is -0.394 e. The van der Waals surface area contributed by atoms with Crippen molar-refractivity contribution < 1.29 is 4.79 Å². The second kappa shape index (κ2) is 13.5. The number of carbonyl (C=O) groups excluding carboxylic acids is 1. The molecule has 1 aliphatic carbocycles. The summed E-state index contributed by atoms with van der Waals surface area (Å²) in [5.41, 5.74) is 3.88. The number of hydrogen-bond donors (Lipinski definition) is 3. The summed E-state index contributed by atoms with van der Waals surface area (Å²) in [4.78, 5) is 18.7. The zero-order valence-corrected chi connectivity index (χ0v) is 19.0. The average Bonchev–Trinajstić information content (AvgIpc) is 2.76. The molecular formula is C22H37N5OS. The van der Waals surface area contributed by atoms with Crippen LogP contribution in [0.2, 0.25) is 0 Å². The highest BCUT2D eigenvalue weighted by Crippen LogP contribution is 2.28. The summed E-state index contributed by atoms with van der Waals surface area (Å²) in [7, 11) is 4.01. The van der Waals surface area contributed by atoms with E-state index < -0.39 is 0 Å². The number of nitrogens with zero attached hydrogens (tertiary/aromatic N) is 2. The van der Waals surface area contributed by atoms with E-state index in [1.165, 1.54) is 32.1 Å². The van der Waals surface area contributed by atoms with Crippen molar-refractivity contribution in [2.75, 3.05) is 45.2 Å².